The monoisotopic (exact) mass is 295 g/mol. The third-order valence-corrected chi connectivity index (χ3v) is 4.33. The van der Waals surface area contributed by atoms with Crippen molar-refractivity contribution in [3.05, 3.63) is 35.1 Å². The molecule has 2 atom stereocenters. The van der Waals surface area contributed by atoms with Gasteiger partial charge in [-0.25, -0.2) is 9.18 Å². The number of hydrogen-bond acceptors (Lipinski definition) is 3. The van der Waals surface area contributed by atoms with Crippen molar-refractivity contribution in [1.29, 1.82) is 0 Å². The average molecular weight is 295 g/mol. The Hall–Kier alpha value is -1.46. The Morgan fingerprint density at radius 1 is 1.52 bits per heavy atom. The first-order chi connectivity index (χ1) is 9.96. The Balaban J connectivity index is 2.04. The number of aliphatic hydroxyl groups excluding tert-OH is 1. The van der Waals surface area contributed by atoms with Crippen LogP contribution in [-0.2, 0) is 6.54 Å². The summed E-state index contributed by atoms with van der Waals surface area (Å²) in [6.07, 6.45) is 4.05. The van der Waals surface area contributed by atoms with Crippen LogP contribution in [0.2, 0.25) is 0 Å². The lowest BCUT2D eigenvalue weighted by molar-refractivity contribution is 0.0692. The highest BCUT2D eigenvalue weighted by atomic mass is 19.1. The van der Waals surface area contributed by atoms with Crippen LogP contribution in [0, 0.1) is 11.7 Å². The van der Waals surface area contributed by atoms with E-state index in [4.69, 9.17) is 5.11 Å². The molecule has 21 heavy (non-hydrogen) atoms. The molecule has 0 aliphatic heterocycles. The molecule has 0 amide bonds. The van der Waals surface area contributed by atoms with Gasteiger partial charge < -0.3 is 15.5 Å². The Bertz CT molecular complexity index is 520. The molecule has 1 aliphatic rings. The van der Waals surface area contributed by atoms with Crippen LogP contribution in [0.25, 0.3) is 0 Å². The number of rotatable bonds is 5. The zero-order chi connectivity index (χ0) is 15.5. The van der Waals surface area contributed by atoms with Gasteiger partial charge in [0.25, 0.3) is 0 Å². The molecule has 0 spiro atoms. The minimum absolute atomic E-state index is 0.0625. The second kappa shape index (κ2) is 6.54. The van der Waals surface area contributed by atoms with Gasteiger partial charge in [0, 0.05) is 12.1 Å². The van der Waals surface area contributed by atoms with Crippen molar-refractivity contribution in [1.82, 2.24) is 5.32 Å². The lowest BCUT2D eigenvalue weighted by Gasteiger charge is -2.39. The highest BCUT2D eigenvalue weighted by Gasteiger charge is 2.33. The summed E-state index contributed by atoms with van der Waals surface area (Å²) >= 11 is 0. The van der Waals surface area contributed by atoms with Gasteiger partial charge in [-0.15, -0.1) is 0 Å². The van der Waals surface area contributed by atoms with Crippen molar-refractivity contribution in [2.75, 3.05) is 6.61 Å². The van der Waals surface area contributed by atoms with Crippen molar-refractivity contribution in [3.63, 3.8) is 0 Å². The molecular formula is C16H22FNO3. The van der Waals surface area contributed by atoms with Crippen LogP contribution in [0.3, 0.4) is 0 Å². The highest BCUT2D eigenvalue weighted by molar-refractivity contribution is 5.87. The van der Waals surface area contributed by atoms with E-state index in [1.54, 1.807) is 6.07 Å². The van der Waals surface area contributed by atoms with Crippen molar-refractivity contribution < 1.29 is 19.4 Å². The number of benzene rings is 1. The number of hydrogen-bond donors (Lipinski definition) is 3. The van der Waals surface area contributed by atoms with Crippen molar-refractivity contribution >= 4 is 5.97 Å². The van der Waals surface area contributed by atoms with E-state index in [1.807, 2.05) is 0 Å². The van der Waals surface area contributed by atoms with Crippen LogP contribution in [0.1, 0.15) is 48.5 Å². The number of nitrogens with one attached hydrogen (secondary N) is 1. The van der Waals surface area contributed by atoms with Crippen molar-refractivity contribution in [2.45, 2.75) is 44.7 Å². The van der Waals surface area contributed by atoms with Crippen molar-refractivity contribution in [2.24, 2.45) is 5.92 Å². The van der Waals surface area contributed by atoms with Gasteiger partial charge in [-0.3, -0.25) is 0 Å². The minimum atomic E-state index is -1.26. The molecular weight excluding hydrogens is 273 g/mol. The lowest BCUT2D eigenvalue weighted by atomic mass is 9.77. The number of aliphatic hydroxyl groups is 1. The maximum Gasteiger partial charge on any atom is 0.338 e. The summed E-state index contributed by atoms with van der Waals surface area (Å²) in [6, 6.07) is 4.13. The van der Waals surface area contributed by atoms with Crippen LogP contribution in [-0.4, -0.2) is 28.3 Å². The zero-order valence-electron chi connectivity index (χ0n) is 12.2. The minimum Gasteiger partial charge on any atom is -0.478 e. The first-order valence-corrected chi connectivity index (χ1v) is 7.33. The molecule has 2 unspecified atom stereocenters. The Morgan fingerprint density at radius 2 is 2.29 bits per heavy atom. The SMILES string of the molecule is CC1CCCC(CO)(NCc2ccc(C(=O)O)c(F)c2)C1. The van der Waals surface area contributed by atoms with E-state index < -0.39 is 11.8 Å². The zero-order valence-corrected chi connectivity index (χ0v) is 12.2. The molecule has 116 valence electrons. The predicted octanol–water partition coefficient (Wildman–Crippen LogP) is 2.55. The number of aromatic carboxylic acids is 1. The molecule has 1 aliphatic carbocycles. The fourth-order valence-electron chi connectivity index (χ4n) is 3.15. The topological polar surface area (TPSA) is 69.6 Å². The molecule has 3 N–H and O–H groups in total. The van der Waals surface area contributed by atoms with E-state index >= 15 is 0 Å². The largest absolute Gasteiger partial charge is 0.478 e. The van der Waals surface area contributed by atoms with E-state index in [9.17, 15) is 14.3 Å². The number of halogens is 1. The van der Waals surface area contributed by atoms with Crippen LogP contribution >= 0.6 is 0 Å². The van der Waals surface area contributed by atoms with Crippen LogP contribution in [0.4, 0.5) is 4.39 Å². The summed E-state index contributed by atoms with van der Waals surface area (Å²) in [7, 11) is 0. The summed E-state index contributed by atoms with van der Waals surface area (Å²) in [5.41, 5.74) is 0.0602. The third kappa shape index (κ3) is 3.80. The second-order valence-electron chi connectivity index (χ2n) is 6.11. The molecule has 0 bridgehead atoms. The maximum absolute atomic E-state index is 13.6. The lowest BCUT2D eigenvalue weighted by Crippen LogP contribution is -2.51. The van der Waals surface area contributed by atoms with Gasteiger partial charge in [-0.2, -0.15) is 0 Å². The third-order valence-electron chi connectivity index (χ3n) is 4.33. The molecule has 0 heterocycles. The molecule has 1 saturated carbocycles. The standard InChI is InChI=1S/C16H22FNO3/c1-11-3-2-6-16(8-11,10-19)18-9-12-4-5-13(15(20)21)14(17)7-12/h4-5,7,11,18-19H,2-3,6,8-10H2,1H3,(H,20,21). The molecule has 2 rings (SSSR count). The summed E-state index contributed by atoms with van der Waals surface area (Å²) in [5.74, 6) is -1.43. The molecule has 0 radical (unpaired) electrons. The Kier molecular flexibility index (Phi) is 4.96. The van der Waals surface area contributed by atoms with E-state index in [2.05, 4.69) is 12.2 Å². The van der Waals surface area contributed by atoms with Gasteiger partial charge in [0.15, 0.2) is 0 Å². The molecule has 0 saturated heterocycles. The molecule has 5 heteroatoms. The summed E-state index contributed by atoms with van der Waals surface area (Å²) in [6.45, 7) is 2.66. The van der Waals surface area contributed by atoms with Crippen molar-refractivity contribution in [3.8, 4) is 0 Å². The van der Waals surface area contributed by atoms with E-state index in [0.29, 0.717) is 18.0 Å². The first kappa shape index (κ1) is 15.9. The molecule has 1 aromatic rings. The fourth-order valence-corrected chi connectivity index (χ4v) is 3.15. The fraction of sp³-hybridized carbons (Fsp3) is 0.562. The second-order valence-corrected chi connectivity index (χ2v) is 6.11. The van der Waals surface area contributed by atoms with Gasteiger partial charge >= 0.3 is 5.97 Å². The van der Waals surface area contributed by atoms with E-state index in [1.165, 1.54) is 18.6 Å². The molecule has 4 nitrogen and oxygen atoms in total. The summed E-state index contributed by atoms with van der Waals surface area (Å²) < 4.78 is 13.6. The number of carboxylic acid groups (broad SMARTS) is 1. The van der Waals surface area contributed by atoms with Crippen LogP contribution in [0.15, 0.2) is 18.2 Å². The highest BCUT2D eigenvalue weighted by Crippen LogP contribution is 2.32. The van der Waals surface area contributed by atoms with Gasteiger partial charge in [-0.1, -0.05) is 25.8 Å². The Morgan fingerprint density at radius 3 is 2.86 bits per heavy atom. The molecule has 1 fully saturated rings. The molecule has 1 aromatic carbocycles. The predicted molar refractivity (Wildman–Crippen MR) is 77.6 cm³/mol. The summed E-state index contributed by atoms with van der Waals surface area (Å²) in [4.78, 5) is 10.8. The average Bonchev–Trinajstić information content (AvgIpc) is 2.45. The van der Waals surface area contributed by atoms with Gasteiger partial charge in [0.2, 0.25) is 0 Å². The smallest absolute Gasteiger partial charge is 0.338 e. The summed E-state index contributed by atoms with van der Waals surface area (Å²) in [5, 5.41) is 21.8. The van der Waals surface area contributed by atoms with Gasteiger partial charge in [0.1, 0.15) is 5.82 Å². The number of carboxylic acids is 1. The quantitative estimate of drug-likeness (QED) is 0.781. The van der Waals surface area contributed by atoms with Gasteiger partial charge in [-0.05, 0) is 36.5 Å². The normalized spacial score (nSPS) is 25.8. The number of carbonyl (C=O) groups is 1. The van der Waals surface area contributed by atoms with Gasteiger partial charge in [0.05, 0.1) is 12.2 Å². The van der Waals surface area contributed by atoms with E-state index in [-0.39, 0.29) is 17.7 Å². The van der Waals surface area contributed by atoms with E-state index in [0.717, 1.165) is 19.3 Å². The molecule has 0 aromatic heterocycles. The Labute approximate surface area is 124 Å². The van der Waals surface area contributed by atoms with Crippen LogP contribution < -0.4 is 5.32 Å². The first-order valence-electron chi connectivity index (χ1n) is 7.33. The maximum atomic E-state index is 13.6. The van der Waals surface area contributed by atoms with Crippen LogP contribution in [0.5, 0.6) is 0 Å².